The smallest absolute Gasteiger partial charge is 0.328 e. The van der Waals surface area contributed by atoms with E-state index in [2.05, 4.69) is 9.71 Å². The Labute approximate surface area is 148 Å². The molecule has 130 valence electrons. The number of para-hydroxylation sites is 2. The number of aromatic nitrogens is 2. The van der Waals surface area contributed by atoms with Gasteiger partial charge in [-0.2, -0.15) is 0 Å². The van der Waals surface area contributed by atoms with Gasteiger partial charge in [0, 0.05) is 11.6 Å². The molecule has 3 aromatic rings. The SMILES string of the molecule is O=C(O)C(CNS(=O)(=O)c1ccc(Cl)cc1)n1cnc2ccccc21. The third-order valence-electron chi connectivity index (χ3n) is 3.69. The number of carboxylic acid groups (broad SMARTS) is 1. The number of carboxylic acids is 1. The van der Waals surface area contributed by atoms with Crippen molar-refractivity contribution in [3.8, 4) is 0 Å². The third-order valence-corrected chi connectivity index (χ3v) is 5.38. The van der Waals surface area contributed by atoms with Crippen LogP contribution in [0.4, 0.5) is 0 Å². The summed E-state index contributed by atoms with van der Waals surface area (Å²) >= 11 is 5.75. The zero-order chi connectivity index (χ0) is 18.0. The van der Waals surface area contributed by atoms with Gasteiger partial charge < -0.3 is 9.67 Å². The fraction of sp³-hybridized carbons (Fsp3) is 0.125. The lowest BCUT2D eigenvalue weighted by Gasteiger charge is -2.16. The van der Waals surface area contributed by atoms with Crippen LogP contribution in [0.25, 0.3) is 11.0 Å². The van der Waals surface area contributed by atoms with E-state index in [1.165, 1.54) is 35.2 Å². The molecule has 3 rings (SSSR count). The molecule has 1 aromatic heterocycles. The van der Waals surface area contributed by atoms with Crippen LogP contribution in [-0.2, 0) is 14.8 Å². The fourth-order valence-corrected chi connectivity index (χ4v) is 3.58. The first kappa shape index (κ1) is 17.4. The summed E-state index contributed by atoms with van der Waals surface area (Å²) < 4.78 is 28.4. The lowest BCUT2D eigenvalue weighted by molar-refractivity contribution is -0.140. The van der Waals surface area contributed by atoms with Crippen LogP contribution in [0.3, 0.4) is 0 Å². The minimum absolute atomic E-state index is 0.0107. The zero-order valence-corrected chi connectivity index (χ0v) is 14.4. The van der Waals surface area contributed by atoms with Crippen molar-refractivity contribution in [1.29, 1.82) is 0 Å². The molecule has 7 nitrogen and oxygen atoms in total. The Bertz CT molecular complexity index is 1020. The van der Waals surface area contributed by atoms with E-state index in [4.69, 9.17) is 11.6 Å². The van der Waals surface area contributed by atoms with Crippen molar-refractivity contribution in [3.63, 3.8) is 0 Å². The number of nitrogens with zero attached hydrogens (tertiary/aromatic N) is 2. The molecule has 0 saturated carbocycles. The first-order valence-corrected chi connectivity index (χ1v) is 9.14. The number of aliphatic carboxylic acids is 1. The van der Waals surface area contributed by atoms with Gasteiger partial charge in [-0.05, 0) is 36.4 Å². The molecule has 0 saturated heterocycles. The molecule has 0 radical (unpaired) electrons. The molecule has 2 aromatic carbocycles. The summed E-state index contributed by atoms with van der Waals surface area (Å²) in [7, 11) is -3.86. The summed E-state index contributed by atoms with van der Waals surface area (Å²) in [5.41, 5.74) is 1.25. The predicted molar refractivity (Wildman–Crippen MR) is 93.0 cm³/mol. The molecule has 0 aliphatic rings. The number of fused-ring (bicyclic) bond motifs is 1. The third kappa shape index (κ3) is 3.65. The number of nitrogens with one attached hydrogen (secondary N) is 1. The van der Waals surface area contributed by atoms with Crippen molar-refractivity contribution in [1.82, 2.24) is 14.3 Å². The van der Waals surface area contributed by atoms with Crippen LogP contribution in [0.2, 0.25) is 5.02 Å². The number of carbonyl (C=O) groups is 1. The molecule has 1 heterocycles. The molecule has 0 aliphatic heterocycles. The van der Waals surface area contributed by atoms with E-state index < -0.39 is 22.0 Å². The Hall–Kier alpha value is -2.42. The zero-order valence-electron chi connectivity index (χ0n) is 12.8. The highest BCUT2D eigenvalue weighted by atomic mass is 35.5. The van der Waals surface area contributed by atoms with Crippen molar-refractivity contribution in [2.75, 3.05) is 6.54 Å². The van der Waals surface area contributed by atoms with Crippen LogP contribution < -0.4 is 4.72 Å². The fourth-order valence-electron chi connectivity index (χ4n) is 2.42. The van der Waals surface area contributed by atoms with E-state index in [0.717, 1.165) is 0 Å². The van der Waals surface area contributed by atoms with Crippen LogP contribution in [0, 0.1) is 0 Å². The number of hydrogen-bond donors (Lipinski definition) is 2. The second-order valence-electron chi connectivity index (χ2n) is 5.30. The van der Waals surface area contributed by atoms with Crippen molar-refractivity contribution in [2.45, 2.75) is 10.9 Å². The summed E-state index contributed by atoms with van der Waals surface area (Å²) in [6, 6.07) is 11.5. The van der Waals surface area contributed by atoms with Crippen molar-refractivity contribution in [3.05, 3.63) is 59.9 Å². The Morgan fingerprint density at radius 1 is 1.20 bits per heavy atom. The van der Waals surface area contributed by atoms with Crippen LogP contribution in [-0.4, -0.2) is 35.6 Å². The van der Waals surface area contributed by atoms with Crippen LogP contribution in [0.1, 0.15) is 6.04 Å². The molecule has 9 heteroatoms. The second kappa shape index (κ2) is 6.83. The van der Waals surface area contributed by atoms with Gasteiger partial charge in [0.1, 0.15) is 6.04 Å². The summed E-state index contributed by atoms with van der Waals surface area (Å²) in [6.45, 7) is -0.319. The van der Waals surface area contributed by atoms with E-state index in [9.17, 15) is 18.3 Å². The van der Waals surface area contributed by atoms with E-state index >= 15 is 0 Å². The van der Waals surface area contributed by atoms with Gasteiger partial charge in [0.05, 0.1) is 22.3 Å². The number of benzene rings is 2. The minimum atomic E-state index is -3.86. The first-order chi connectivity index (χ1) is 11.9. The maximum Gasteiger partial charge on any atom is 0.328 e. The highest BCUT2D eigenvalue weighted by molar-refractivity contribution is 7.89. The van der Waals surface area contributed by atoms with E-state index in [1.54, 1.807) is 24.3 Å². The number of halogens is 1. The number of sulfonamides is 1. The molecule has 2 N–H and O–H groups in total. The lowest BCUT2D eigenvalue weighted by Crippen LogP contribution is -2.34. The molecule has 0 aliphatic carbocycles. The quantitative estimate of drug-likeness (QED) is 0.684. The van der Waals surface area contributed by atoms with Gasteiger partial charge in [0.2, 0.25) is 10.0 Å². The summed E-state index contributed by atoms with van der Waals surface area (Å²) in [4.78, 5) is 15.8. The van der Waals surface area contributed by atoms with Gasteiger partial charge in [-0.3, -0.25) is 0 Å². The van der Waals surface area contributed by atoms with E-state index in [-0.39, 0.29) is 11.4 Å². The molecule has 0 amide bonds. The maximum atomic E-state index is 12.3. The first-order valence-electron chi connectivity index (χ1n) is 7.28. The van der Waals surface area contributed by atoms with Crippen molar-refractivity contribution < 1.29 is 18.3 Å². The molecule has 0 fully saturated rings. The molecular formula is C16H14ClN3O4S. The van der Waals surface area contributed by atoms with Gasteiger partial charge in [0.15, 0.2) is 0 Å². The molecule has 0 bridgehead atoms. The molecule has 1 unspecified atom stereocenters. The topological polar surface area (TPSA) is 101 Å². The highest BCUT2D eigenvalue weighted by Crippen LogP contribution is 2.19. The minimum Gasteiger partial charge on any atom is -0.480 e. The van der Waals surface area contributed by atoms with Crippen LogP contribution >= 0.6 is 11.6 Å². The average Bonchev–Trinajstić information content (AvgIpc) is 2.99. The van der Waals surface area contributed by atoms with Gasteiger partial charge >= 0.3 is 5.97 Å². The van der Waals surface area contributed by atoms with Gasteiger partial charge in [-0.1, -0.05) is 23.7 Å². The molecular weight excluding hydrogens is 366 g/mol. The number of hydrogen-bond acceptors (Lipinski definition) is 4. The standard InChI is InChI=1S/C16H14ClN3O4S/c17-11-5-7-12(8-6-11)25(23,24)19-9-15(16(21)22)20-10-18-13-3-1-2-4-14(13)20/h1-8,10,15,19H,9H2,(H,21,22). The average molecular weight is 380 g/mol. The monoisotopic (exact) mass is 379 g/mol. The largest absolute Gasteiger partial charge is 0.480 e. The summed E-state index contributed by atoms with van der Waals surface area (Å²) in [6.07, 6.45) is 1.39. The molecule has 25 heavy (non-hydrogen) atoms. The van der Waals surface area contributed by atoms with E-state index in [0.29, 0.717) is 16.1 Å². The van der Waals surface area contributed by atoms with Gasteiger partial charge in [-0.25, -0.2) is 22.9 Å². The maximum absolute atomic E-state index is 12.3. The summed E-state index contributed by atoms with van der Waals surface area (Å²) in [5.74, 6) is -1.16. The number of imidazole rings is 1. The highest BCUT2D eigenvalue weighted by Gasteiger charge is 2.24. The van der Waals surface area contributed by atoms with Crippen molar-refractivity contribution >= 4 is 38.6 Å². The molecule has 0 spiro atoms. The van der Waals surface area contributed by atoms with Crippen molar-refractivity contribution in [2.24, 2.45) is 0 Å². The lowest BCUT2D eigenvalue weighted by atomic mass is 10.2. The molecule has 1 atom stereocenters. The van der Waals surface area contributed by atoms with Gasteiger partial charge in [0.25, 0.3) is 0 Å². The number of rotatable bonds is 6. The Morgan fingerprint density at radius 2 is 1.88 bits per heavy atom. The normalized spacial score (nSPS) is 13.0. The second-order valence-corrected chi connectivity index (χ2v) is 7.50. The van der Waals surface area contributed by atoms with Crippen LogP contribution in [0.5, 0.6) is 0 Å². The summed E-state index contributed by atoms with van der Waals surface area (Å²) in [5, 5.41) is 9.92. The van der Waals surface area contributed by atoms with Gasteiger partial charge in [-0.15, -0.1) is 0 Å². The van der Waals surface area contributed by atoms with Crippen LogP contribution in [0.15, 0.2) is 59.8 Å². The van der Waals surface area contributed by atoms with E-state index in [1.807, 2.05) is 0 Å². The Kier molecular flexibility index (Phi) is 4.76. The Balaban J connectivity index is 1.86. The predicted octanol–water partition coefficient (Wildman–Crippen LogP) is 2.29. The Morgan fingerprint density at radius 3 is 2.56 bits per heavy atom.